The highest BCUT2D eigenvalue weighted by atomic mass is 19.2. The van der Waals surface area contributed by atoms with Gasteiger partial charge in [0, 0.05) is 13.1 Å². The fraction of sp³-hybridized carbons (Fsp3) is 0.333. The molecule has 0 unspecified atom stereocenters. The maximum absolute atomic E-state index is 13.9. The number of hydrogen-bond acceptors (Lipinski definition) is 3. The van der Waals surface area contributed by atoms with Gasteiger partial charge in [-0.3, -0.25) is 0 Å². The number of nitrogens with one attached hydrogen (secondary N) is 1. The van der Waals surface area contributed by atoms with Gasteiger partial charge in [-0.15, -0.1) is 0 Å². The summed E-state index contributed by atoms with van der Waals surface area (Å²) in [4.78, 5) is 15.1. The third kappa shape index (κ3) is 2.00. The summed E-state index contributed by atoms with van der Waals surface area (Å²) in [6.45, 7) is 4.45. The molecular formula is C12H13F2N3O2. The van der Waals surface area contributed by atoms with Crippen LogP contribution in [0.4, 0.5) is 14.7 Å². The van der Waals surface area contributed by atoms with Crippen molar-refractivity contribution < 1.29 is 18.7 Å². The molecule has 0 atom stereocenters. The van der Waals surface area contributed by atoms with Crippen molar-refractivity contribution in [3.8, 4) is 0 Å². The molecule has 0 aliphatic heterocycles. The van der Waals surface area contributed by atoms with Crippen LogP contribution in [0.25, 0.3) is 11.0 Å². The zero-order valence-corrected chi connectivity index (χ0v) is 10.5. The molecule has 0 aliphatic rings. The maximum atomic E-state index is 13.9. The van der Waals surface area contributed by atoms with E-state index in [1.807, 2.05) is 6.92 Å². The molecule has 0 saturated carbocycles. The standard InChI is InChI=1S/C12H13F2N3O2/c1-3-15-12-16-9-6(11(18)19)5-7(13)8(14)10(9)17(12)4-2/h5H,3-4H2,1-2H3,(H,15,16)(H,18,19). The van der Waals surface area contributed by atoms with E-state index < -0.39 is 17.6 Å². The number of carboxylic acids is 1. The Morgan fingerprint density at radius 1 is 1.47 bits per heavy atom. The smallest absolute Gasteiger partial charge is 0.338 e. The first-order valence-electron chi connectivity index (χ1n) is 5.86. The number of fused-ring (bicyclic) bond motifs is 1. The molecule has 1 aromatic heterocycles. The van der Waals surface area contributed by atoms with Gasteiger partial charge in [0.1, 0.15) is 11.0 Å². The van der Waals surface area contributed by atoms with Gasteiger partial charge in [-0.05, 0) is 19.9 Å². The first-order valence-corrected chi connectivity index (χ1v) is 5.86. The van der Waals surface area contributed by atoms with Gasteiger partial charge in [0.15, 0.2) is 11.6 Å². The first kappa shape index (κ1) is 13.3. The van der Waals surface area contributed by atoms with Crippen LogP contribution in [0.5, 0.6) is 0 Å². The van der Waals surface area contributed by atoms with Gasteiger partial charge in [-0.25, -0.2) is 18.6 Å². The van der Waals surface area contributed by atoms with Gasteiger partial charge in [-0.1, -0.05) is 0 Å². The Kier molecular flexibility index (Phi) is 3.37. The highest BCUT2D eigenvalue weighted by Crippen LogP contribution is 2.27. The zero-order chi connectivity index (χ0) is 14.2. The van der Waals surface area contributed by atoms with Crippen molar-refractivity contribution in [3.05, 3.63) is 23.3 Å². The van der Waals surface area contributed by atoms with Gasteiger partial charge in [-0.2, -0.15) is 0 Å². The van der Waals surface area contributed by atoms with Crippen LogP contribution >= 0.6 is 0 Å². The first-order chi connectivity index (χ1) is 9.01. The number of carboxylic acid groups (broad SMARTS) is 1. The van der Waals surface area contributed by atoms with E-state index in [4.69, 9.17) is 5.11 Å². The number of aromatic nitrogens is 2. The van der Waals surface area contributed by atoms with Crippen molar-refractivity contribution in [3.63, 3.8) is 0 Å². The number of rotatable bonds is 4. The molecular weight excluding hydrogens is 256 g/mol. The van der Waals surface area contributed by atoms with E-state index >= 15 is 0 Å². The second-order valence-electron chi connectivity index (χ2n) is 3.93. The Bertz CT molecular complexity index is 652. The fourth-order valence-corrected chi connectivity index (χ4v) is 2.00. The van der Waals surface area contributed by atoms with Crippen molar-refractivity contribution in [2.24, 2.45) is 0 Å². The van der Waals surface area contributed by atoms with Crippen molar-refractivity contribution in [1.82, 2.24) is 9.55 Å². The highest BCUT2D eigenvalue weighted by molar-refractivity contribution is 6.02. The van der Waals surface area contributed by atoms with E-state index in [0.29, 0.717) is 25.1 Å². The monoisotopic (exact) mass is 269 g/mol. The number of benzene rings is 1. The molecule has 0 amide bonds. The molecule has 1 heterocycles. The lowest BCUT2D eigenvalue weighted by molar-refractivity contribution is 0.0698. The minimum absolute atomic E-state index is 0.0517. The Balaban J connectivity index is 2.88. The predicted molar refractivity (Wildman–Crippen MR) is 66.4 cm³/mol. The topological polar surface area (TPSA) is 67.2 Å². The van der Waals surface area contributed by atoms with E-state index in [0.717, 1.165) is 0 Å². The van der Waals surface area contributed by atoms with Gasteiger partial charge in [0.05, 0.1) is 5.56 Å². The number of carbonyl (C=O) groups is 1. The number of anilines is 1. The molecule has 0 bridgehead atoms. The van der Waals surface area contributed by atoms with Gasteiger partial charge < -0.3 is 15.0 Å². The molecule has 0 radical (unpaired) electrons. The van der Waals surface area contributed by atoms with Crippen LogP contribution in [0.15, 0.2) is 6.07 Å². The summed E-state index contributed by atoms with van der Waals surface area (Å²) in [6.07, 6.45) is 0. The molecule has 5 nitrogen and oxygen atoms in total. The average molecular weight is 269 g/mol. The second kappa shape index (κ2) is 4.83. The Labute approximate surface area is 107 Å². The van der Waals surface area contributed by atoms with E-state index in [2.05, 4.69) is 10.3 Å². The molecule has 7 heteroatoms. The minimum atomic E-state index is -1.34. The summed E-state index contributed by atoms with van der Waals surface area (Å²) in [5.74, 6) is -3.29. The third-order valence-electron chi connectivity index (χ3n) is 2.79. The normalized spacial score (nSPS) is 10.9. The molecule has 2 rings (SSSR count). The molecule has 0 spiro atoms. The van der Waals surface area contributed by atoms with E-state index in [1.165, 1.54) is 4.57 Å². The molecule has 2 N–H and O–H groups in total. The van der Waals surface area contributed by atoms with Crippen LogP contribution in [0.2, 0.25) is 0 Å². The zero-order valence-electron chi connectivity index (χ0n) is 10.5. The summed E-state index contributed by atoms with van der Waals surface area (Å²) < 4.78 is 28.8. The lowest BCUT2D eigenvalue weighted by Crippen LogP contribution is -2.06. The Morgan fingerprint density at radius 3 is 2.68 bits per heavy atom. The Hall–Kier alpha value is -2.18. The van der Waals surface area contributed by atoms with Crippen LogP contribution in [0.3, 0.4) is 0 Å². The quantitative estimate of drug-likeness (QED) is 0.894. The number of nitrogens with zero attached hydrogens (tertiary/aromatic N) is 2. The van der Waals surface area contributed by atoms with Gasteiger partial charge in [0.2, 0.25) is 5.95 Å². The molecule has 102 valence electrons. The molecule has 1 aromatic carbocycles. The number of aryl methyl sites for hydroxylation is 1. The number of imidazole rings is 1. The van der Waals surface area contributed by atoms with Crippen molar-refractivity contribution in [2.75, 3.05) is 11.9 Å². The van der Waals surface area contributed by atoms with Crippen LogP contribution in [-0.4, -0.2) is 27.2 Å². The summed E-state index contributed by atoms with van der Waals surface area (Å²) in [7, 11) is 0. The number of halogens is 2. The summed E-state index contributed by atoms with van der Waals surface area (Å²) in [5, 5.41) is 11.9. The lowest BCUT2D eigenvalue weighted by atomic mass is 10.1. The SMILES string of the molecule is CCNc1nc2c(C(=O)O)cc(F)c(F)c2n1CC. The summed E-state index contributed by atoms with van der Waals surface area (Å²) in [5.41, 5.74) is -0.527. The molecule has 0 saturated heterocycles. The number of aromatic carboxylic acids is 1. The Morgan fingerprint density at radius 2 is 2.16 bits per heavy atom. The van der Waals surface area contributed by atoms with Gasteiger partial charge >= 0.3 is 5.97 Å². The van der Waals surface area contributed by atoms with Crippen LogP contribution in [-0.2, 0) is 6.54 Å². The van der Waals surface area contributed by atoms with Crippen molar-refractivity contribution in [1.29, 1.82) is 0 Å². The van der Waals surface area contributed by atoms with Crippen LogP contribution in [0, 0.1) is 11.6 Å². The summed E-state index contributed by atoms with van der Waals surface area (Å²) in [6, 6.07) is 0.655. The fourth-order valence-electron chi connectivity index (χ4n) is 2.00. The van der Waals surface area contributed by atoms with E-state index in [1.54, 1.807) is 6.92 Å². The van der Waals surface area contributed by atoms with E-state index in [-0.39, 0.29) is 16.6 Å². The number of hydrogen-bond donors (Lipinski definition) is 2. The minimum Gasteiger partial charge on any atom is -0.478 e. The molecule has 0 aliphatic carbocycles. The largest absolute Gasteiger partial charge is 0.478 e. The summed E-state index contributed by atoms with van der Waals surface area (Å²) >= 11 is 0. The molecule has 19 heavy (non-hydrogen) atoms. The van der Waals surface area contributed by atoms with Gasteiger partial charge in [0.25, 0.3) is 0 Å². The van der Waals surface area contributed by atoms with Crippen molar-refractivity contribution in [2.45, 2.75) is 20.4 Å². The van der Waals surface area contributed by atoms with Crippen LogP contribution in [0.1, 0.15) is 24.2 Å². The third-order valence-corrected chi connectivity index (χ3v) is 2.79. The lowest BCUT2D eigenvalue weighted by Gasteiger charge is -2.07. The van der Waals surface area contributed by atoms with Crippen LogP contribution < -0.4 is 5.32 Å². The van der Waals surface area contributed by atoms with E-state index in [9.17, 15) is 13.6 Å². The highest BCUT2D eigenvalue weighted by Gasteiger charge is 2.23. The molecule has 0 fully saturated rings. The molecule has 2 aromatic rings. The second-order valence-corrected chi connectivity index (χ2v) is 3.93. The van der Waals surface area contributed by atoms with Crippen molar-refractivity contribution >= 4 is 23.0 Å². The predicted octanol–water partition coefficient (Wildman–Crippen LogP) is 2.46. The average Bonchev–Trinajstić information content (AvgIpc) is 2.72. The maximum Gasteiger partial charge on any atom is 0.338 e.